The SMILES string of the molecule is O=C(O)CCCc1nc2c(c(=O)[nH]1)CCCC2. The van der Waals surface area contributed by atoms with Crippen molar-refractivity contribution in [2.45, 2.75) is 44.9 Å². The molecule has 0 aliphatic heterocycles. The normalized spacial score (nSPS) is 14.4. The van der Waals surface area contributed by atoms with Crippen LogP contribution < -0.4 is 5.56 Å². The highest BCUT2D eigenvalue weighted by molar-refractivity contribution is 5.66. The van der Waals surface area contributed by atoms with Gasteiger partial charge in [0.05, 0.1) is 5.69 Å². The van der Waals surface area contributed by atoms with Crippen LogP contribution in [0.2, 0.25) is 0 Å². The second-order valence-corrected chi connectivity index (χ2v) is 4.39. The Hall–Kier alpha value is -1.65. The van der Waals surface area contributed by atoms with E-state index < -0.39 is 5.97 Å². The standard InChI is InChI=1S/C12H16N2O3/c15-11(16)7-3-6-10-13-9-5-2-1-4-8(9)12(17)14-10/h1-7H2,(H,15,16)(H,13,14,17). The van der Waals surface area contributed by atoms with Crippen molar-refractivity contribution in [3.05, 3.63) is 27.4 Å². The van der Waals surface area contributed by atoms with Crippen LogP contribution in [-0.2, 0) is 24.1 Å². The summed E-state index contributed by atoms with van der Waals surface area (Å²) in [5.74, 6) is -0.192. The van der Waals surface area contributed by atoms with Gasteiger partial charge >= 0.3 is 5.97 Å². The van der Waals surface area contributed by atoms with Crippen molar-refractivity contribution in [2.75, 3.05) is 0 Å². The summed E-state index contributed by atoms with van der Waals surface area (Å²) in [5.41, 5.74) is 1.68. The van der Waals surface area contributed by atoms with Crippen LogP contribution in [0.5, 0.6) is 0 Å². The Labute approximate surface area is 98.9 Å². The molecule has 1 aliphatic rings. The summed E-state index contributed by atoms with van der Waals surface area (Å²) >= 11 is 0. The molecule has 0 saturated heterocycles. The monoisotopic (exact) mass is 236 g/mol. The van der Waals surface area contributed by atoms with Crippen LogP contribution in [0.15, 0.2) is 4.79 Å². The first-order valence-electron chi connectivity index (χ1n) is 5.99. The summed E-state index contributed by atoms with van der Waals surface area (Å²) in [6.07, 6.45) is 4.96. The molecule has 1 heterocycles. The molecule has 5 heteroatoms. The molecular weight excluding hydrogens is 220 g/mol. The Morgan fingerprint density at radius 2 is 2.12 bits per heavy atom. The van der Waals surface area contributed by atoms with Gasteiger partial charge in [-0.2, -0.15) is 0 Å². The number of carbonyl (C=O) groups is 1. The lowest BCUT2D eigenvalue weighted by Crippen LogP contribution is -2.23. The van der Waals surface area contributed by atoms with Gasteiger partial charge in [0, 0.05) is 18.4 Å². The van der Waals surface area contributed by atoms with Crippen LogP contribution >= 0.6 is 0 Å². The third kappa shape index (κ3) is 2.93. The van der Waals surface area contributed by atoms with E-state index in [-0.39, 0.29) is 12.0 Å². The number of hydrogen-bond acceptors (Lipinski definition) is 3. The van der Waals surface area contributed by atoms with Gasteiger partial charge in [-0.15, -0.1) is 0 Å². The summed E-state index contributed by atoms with van der Waals surface area (Å²) in [6, 6.07) is 0. The minimum atomic E-state index is -0.815. The van der Waals surface area contributed by atoms with Crippen LogP contribution in [0.3, 0.4) is 0 Å². The van der Waals surface area contributed by atoms with Crippen molar-refractivity contribution >= 4 is 5.97 Å². The number of fused-ring (bicyclic) bond motifs is 1. The largest absolute Gasteiger partial charge is 0.481 e. The Morgan fingerprint density at radius 3 is 2.88 bits per heavy atom. The minimum absolute atomic E-state index is 0.0416. The highest BCUT2D eigenvalue weighted by Crippen LogP contribution is 2.15. The van der Waals surface area contributed by atoms with Gasteiger partial charge in [0.15, 0.2) is 0 Å². The summed E-state index contributed by atoms with van der Waals surface area (Å²) in [5, 5.41) is 8.55. The molecule has 92 valence electrons. The summed E-state index contributed by atoms with van der Waals surface area (Å²) in [7, 11) is 0. The Bertz CT molecular complexity index is 479. The van der Waals surface area contributed by atoms with Gasteiger partial charge in [0.2, 0.25) is 0 Å². The average Bonchev–Trinajstić information content (AvgIpc) is 2.28. The molecule has 0 bridgehead atoms. The van der Waals surface area contributed by atoms with E-state index in [4.69, 9.17) is 5.11 Å². The lowest BCUT2D eigenvalue weighted by Gasteiger charge is -2.14. The maximum atomic E-state index is 11.8. The fourth-order valence-electron chi connectivity index (χ4n) is 2.18. The Morgan fingerprint density at radius 1 is 1.35 bits per heavy atom. The molecule has 0 fully saturated rings. The highest BCUT2D eigenvalue weighted by atomic mass is 16.4. The molecule has 0 amide bonds. The van der Waals surface area contributed by atoms with Gasteiger partial charge in [-0.3, -0.25) is 9.59 Å². The lowest BCUT2D eigenvalue weighted by molar-refractivity contribution is -0.137. The number of nitrogens with one attached hydrogen (secondary N) is 1. The molecule has 2 rings (SSSR count). The highest BCUT2D eigenvalue weighted by Gasteiger charge is 2.15. The van der Waals surface area contributed by atoms with Gasteiger partial charge in [-0.1, -0.05) is 0 Å². The van der Waals surface area contributed by atoms with Crippen molar-refractivity contribution in [1.82, 2.24) is 9.97 Å². The number of aromatic nitrogens is 2. The van der Waals surface area contributed by atoms with Gasteiger partial charge in [-0.05, 0) is 32.1 Å². The van der Waals surface area contributed by atoms with Crippen LogP contribution in [-0.4, -0.2) is 21.0 Å². The van der Waals surface area contributed by atoms with E-state index in [1.807, 2.05) is 0 Å². The van der Waals surface area contributed by atoms with E-state index in [9.17, 15) is 9.59 Å². The Kier molecular flexibility index (Phi) is 3.56. The maximum absolute atomic E-state index is 11.8. The fourth-order valence-corrected chi connectivity index (χ4v) is 2.18. The topological polar surface area (TPSA) is 83.0 Å². The number of carboxylic acids is 1. The van der Waals surface area contributed by atoms with Gasteiger partial charge < -0.3 is 10.1 Å². The lowest BCUT2D eigenvalue weighted by atomic mass is 9.97. The van der Waals surface area contributed by atoms with Crippen LogP contribution in [0.25, 0.3) is 0 Å². The maximum Gasteiger partial charge on any atom is 0.303 e. The minimum Gasteiger partial charge on any atom is -0.481 e. The van der Waals surface area contributed by atoms with E-state index in [1.165, 1.54) is 0 Å². The first-order chi connectivity index (χ1) is 8.16. The van der Waals surface area contributed by atoms with Crippen molar-refractivity contribution in [3.8, 4) is 0 Å². The number of aromatic amines is 1. The van der Waals surface area contributed by atoms with Gasteiger partial charge in [0.25, 0.3) is 5.56 Å². The molecule has 0 spiro atoms. The third-order valence-corrected chi connectivity index (χ3v) is 3.04. The summed E-state index contributed by atoms with van der Waals surface area (Å²) in [6.45, 7) is 0. The average molecular weight is 236 g/mol. The number of carboxylic acid groups (broad SMARTS) is 1. The molecule has 5 nitrogen and oxygen atoms in total. The van der Waals surface area contributed by atoms with Crippen LogP contribution in [0.4, 0.5) is 0 Å². The molecule has 0 atom stereocenters. The second kappa shape index (κ2) is 5.12. The quantitative estimate of drug-likeness (QED) is 0.818. The molecule has 0 saturated carbocycles. The van der Waals surface area contributed by atoms with Crippen LogP contribution in [0.1, 0.15) is 42.8 Å². The van der Waals surface area contributed by atoms with Crippen molar-refractivity contribution < 1.29 is 9.90 Å². The molecule has 2 N–H and O–H groups in total. The number of aryl methyl sites for hydroxylation is 2. The zero-order chi connectivity index (χ0) is 12.3. The fraction of sp³-hybridized carbons (Fsp3) is 0.583. The van der Waals surface area contributed by atoms with Gasteiger partial charge in [-0.25, -0.2) is 4.98 Å². The zero-order valence-electron chi connectivity index (χ0n) is 9.66. The van der Waals surface area contributed by atoms with Crippen molar-refractivity contribution in [1.29, 1.82) is 0 Å². The third-order valence-electron chi connectivity index (χ3n) is 3.04. The predicted octanol–water partition coefficient (Wildman–Crippen LogP) is 1.06. The summed E-state index contributed by atoms with van der Waals surface area (Å²) < 4.78 is 0. The molecule has 0 aromatic carbocycles. The predicted molar refractivity (Wildman–Crippen MR) is 62.1 cm³/mol. The molecular formula is C12H16N2O3. The molecule has 1 aromatic rings. The van der Waals surface area contributed by atoms with Crippen molar-refractivity contribution in [2.24, 2.45) is 0 Å². The van der Waals surface area contributed by atoms with E-state index >= 15 is 0 Å². The molecule has 0 radical (unpaired) electrons. The smallest absolute Gasteiger partial charge is 0.303 e. The molecule has 1 aliphatic carbocycles. The number of hydrogen-bond donors (Lipinski definition) is 2. The molecule has 0 unspecified atom stereocenters. The van der Waals surface area contributed by atoms with E-state index in [0.717, 1.165) is 36.9 Å². The van der Waals surface area contributed by atoms with E-state index in [1.54, 1.807) is 0 Å². The first kappa shape index (κ1) is 11.8. The Balaban J connectivity index is 2.11. The molecule has 1 aromatic heterocycles. The second-order valence-electron chi connectivity index (χ2n) is 4.39. The summed E-state index contributed by atoms with van der Waals surface area (Å²) in [4.78, 5) is 29.3. The first-order valence-corrected chi connectivity index (χ1v) is 5.99. The number of rotatable bonds is 4. The van der Waals surface area contributed by atoms with E-state index in [2.05, 4.69) is 9.97 Å². The zero-order valence-corrected chi connectivity index (χ0v) is 9.66. The van der Waals surface area contributed by atoms with Crippen LogP contribution in [0, 0.1) is 0 Å². The number of nitrogens with zero attached hydrogens (tertiary/aromatic N) is 1. The molecule has 17 heavy (non-hydrogen) atoms. The van der Waals surface area contributed by atoms with E-state index in [0.29, 0.717) is 18.7 Å². The van der Waals surface area contributed by atoms with Crippen molar-refractivity contribution in [3.63, 3.8) is 0 Å². The number of H-pyrrole nitrogens is 1. The van der Waals surface area contributed by atoms with Gasteiger partial charge in [0.1, 0.15) is 5.82 Å². The number of aliphatic carboxylic acids is 1.